The van der Waals surface area contributed by atoms with Crippen LogP contribution >= 0.6 is 23.2 Å². The molecule has 0 fully saturated rings. The summed E-state index contributed by atoms with van der Waals surface area (Å²) in [5.41, 5.74) is 2.74. The van der Waals surface area contributed by atoms with Gasteiger partial charge in [0.05, 0.1) is 41.3 Å². The molecule has 134 valence electrons. The van der Waals surface area contributed by atoms with E-state index >= 15 is 0 Å². The van der Waals surface area contributed by atoms with Crippen LogP contribution in [0.5, 0.6) is 0 Å². The van der Waals surface area contributed by atoms with Crippen LogP contribution in [-0.4, -0.2) is 38.1 Å². The van der Waals surface area contributed by atoms with E-state index in [1.165, 1.54) is 14.2 Å². The molecule has 0 saturated carbocycles. The molecule has 2 rings (SSSR count). The maximum Gasteiger partial charge on any atom is 0.336 e. The minimum absolute atomic E-state index is 0.335. The van der Waals surface area contributed by atoms with Gasteiger partial charge in [-0.25, -0.2) is 9.59 Å². The third-order valence-electron chi connectivity index (χ3n) is 4.45. The van der Waals surface area contributed by atoms with Crippen LogP contribution in [0.15, 0.2) is 40.7 Å². The summed E-state index contributed by atoms with van der Waals surface area (Å²) in [6.45, 7) is 3.60. The van der Waals surface area contributed by atoms with Gasteiger partial charge in [0.2, 0.25) is 0 Å². The zero-order chi connectivity index (χ0) is 18.9. The van der Waals surface area contributed by atoms with Gasteiger partial charge in [-0.1, -0.05) is 29.3 Å². The number of rotatable bonds is 3. The number of benzene rings is 1. The van der Waals surface area contributed by atoms with Gasteiger partial charge in [0.15, 0.2) is 0 Å². The van der Waals surface area contributed by atoms with E-state index in [9.17, 15) is 9.59 Å². The van der Waals surface area contributed by atoms with Crippen molar-refractivity contribution in [1.82, 2.24) is 4.90 Å². The van der Waals surface area contributed by atoms with Crippen molar-refractivity contribution in [2.75, 3.05) is 21.3 Å². The van der Waals surface area contributed by atoms with Crippen molar-refractivity contribution >= 4 is 35.1 Å². The maximum atomic E-state index is 12.5. The number of halogens is 2. The van der Waals surface area contributed by atoms with Crippen LogP contribution in [0.25, 0.3) is 0 Å². The normalized spacial score (nSPS) is 15.6. The second-order valence-corrected chi connectivity index (χ2v) is 6.46. The Labute approximate surface area is 156 Å². The molecule has 0 amide bonds. The number of nitrogens with zero attached hydrogens (tertiary/aromatic N) is 1. The molecule has 0 aromatic heterocycles. The van der Waals surface area contributed by atoms with E-state index in [1.54, 1.807) is 44.0 Å². The molecular formula is C18H19Cl2NO4. The summed E-state index contributed by atoms with van der Waals surface area (Å²) in [5.74, 6) is -1.70. The molecule has 0 aliphatic carbocycles. The molecule has 0 N–H and O–H groups in total. The minimum atomic E-state index is -0.661. The maximum absolute atomic E-state index is 12.5. The van der Waals surface area contributed by atoms with Crippen LogP contribution in [0.2, 0.25) is 10.0 Å². The summed E-state index contributed by atoms with van der Waals surface area (Å²) in [6.07, 6.45) is 0. The molecule has 1 heterocycles. The van der Waals surface area contributed by atoms with Crippen molar-refractivity contribution in [3.8, 4) is 0 Å². The molecule has 0 radical (unpaired) electrons. The van der Waals surface area contributed by atoms with Crippen LogP contribution in [0, 0.1) is 0 Å². The quantitative estimate of drug-likeness (QED) is 0.740. The fraction of sp³-hybridized carbons (Fsp3) is 0.333. The van der Waals surface area contributed by atoms with Crippen LogP contribution in [-0.2, 0) is 19.1 Å². The van der Waals surface area contributed by atoms with E-state index in [0.717, 1.165) is 0 Å². The van der Waals surface area contributed by atoms with Crippen LogP contribution in [0.1, 0.15) is 25.3 Å². The van der Waals surface area contributed by atoms with Crippen LogP contribution < -0.4 is 0 Å². The monoisotopic (exact) mass is 383 g/mol. The van der Waals surface area contributed by atoms with Crippen molar-refractivity contribution in [3.63, 3.8) is 0 Å². The van der Waals surface area contributed by atoms with Crippen molar-refractivity contribution < 1.29 is 19.1 Å². The fourth-order valence-corrected chi connectivity index (χ4v) is 3.26. The Morgan fingerprint density at radius 3 is 1.84 bits per heavy atom. The third-order valence-corrected chi connectivity index (χ3v) is 5.19. The molecule has 25 heavy (non-hydrogen) atoms. The average molecular weight is 384 g/mol. The molecule has 0 saturated heterocycles. The highest BCUT2D eigenvalue weighted by Gasteiger charge is 2.39. The van der Waals surface area contributed by atoms with Gasteiger partial charge < -0.3 is 14.4 Å². The first-order chi connectivity index (χ1) is 11.7. The van der Waals surface area contributed by atoms with Crippen LogP contribution in [0.3, 0.4) is 0 Å². The Balaban J connectivity index is 2.78. The average Bonchev–Trinajstić information content (AvgIpc) is 2.60. The topological polar surface area (TPSA) is 55.8 Å². The van der Waals surface area contributed by atoms with Gasteiger partial charge in [-0.05, 0) is 31.5 Å². The number of methoxy groups -OCH3 is 2. The fourth-order valence-electron chi connectivity index (χ4n) is 2.95. The first kappa shape index (κ1) is 19.3. The zero-order valence-corrected chi connectivity index (χ0v) is 16.2. The van der Waals surface area contributed by atoms with Crippen molar-refractivity contribution in [1.29, 1.82) is 0 Å². The van der Waals surface area contributed by atoms with Crippen LogP contribution in [0.4, 0.5) is 0 Å². The van der Waals surface area contributed by atoms with Gasteiger partial charge in [-0.15, -0.1) is 0 Å². The van der Waals surface area contributed by atoms with Crippen molar-refractivity contribution in [2.24, 2.45) is 0 Å². The zero-order valence-electron chi connectivity index (χ0n) is 14.6. The van der Waals surface area contributed by atoms with Gasteiger partial charge in [-0.2, -0.15) is 0 Å². The molecular weight excluding hydrogens is 365 g/mol. The Morgan fingerprint density at radius 1 is 0.960 bits per heavy atom. The number of esters is 2. The van der Waals surface area contributed by atoms with Gasteiger partial charge in [0.1, 0.15) is 0 Å². The predicted molar refractivity (Wildman–Crippen MR) is 96.4 cm³/mol. The Kier molecular flexibility index (Phi) is 5.80. The number of hydrogen-bond acceptors (Lipinski definition) is 5. The van der Waals surface area contributed by atoms with Crippen molar-refractivity contribution in [2.45, 2.75) is 19.8 Å². The molecule has 1 aliphatic rings. The third kappa shape index (κ3) is 3.39. The summed E-state index contributed by atoms with van der Waals surface area (Å²) < 4.78 is 9.91. The lowest BCUT2D eigenvalue weighted by molar-refractivity contribution is -0.137. The standard InChI is InChI=1S/C18H19Cl2NO4/c1-9-14(17(22)24-4)16(11-6-7-12(19)13(20)8-11)15(18(23)25-5)10(2)21(9)3/h6-8,16H,1-5H3. The second kappa shape index (κ2) is 7.50. The first-order valence-corrected chi connectivity index (χ1v) is 8.27. The molecule has 1 aromatic rings. The molecule has 0 unspecified atom stereocenters. The highest BCUT2D eigenvalue weighted by Crippen LogP contribution is 2.43. The number of carbonyl (C=O) groups excluding carboxylic acids is 2. The SMILES string of the molecule is COC(=O)C1=C(C)N(C)C(C)=C(C(=O)OC)C1c1ccc(Cl)c(Cl)c1. The summed E-state index contributed by atoms with van der Waals surface area (Å²) >= 11 is 12.2. The highest BCUT2D eigenvalue weighted by atomic mass is 35.5. The van der Waals surface area contributed by atoms with Gasteiger partial charge in [0.25, 0.3) is 0 Å². The van der Waals surface area contributed by atoms with Gasteiger partial charge in [0, 0.05) is 18.4 Å². The highest BCUT2D eigenvalue weighted by molar-refractivity contribution is 6.42. The number of hydrogen-bond donors (Lipinski definition) is 0. The van der Waals surface area contributed by atoms with E-state index in [-0.39, 0.29) is 0 Å². The summed E-state index contributed by atoms with van der Waals surface area (Å²) in [4.78, 5) is 26.7. The van der Waals surface area contributed by atoms with E-state index in [0.29, 0.717) is 38.1 Å². The summed E-state index contributed by atoms with van der Waals surface area (Å²) in [5, 5.41) is 0.723. The molecule has 7 heteroatoms. The predicted octanol–water partition coefficient (Wildman–Crippen LogP) is 3.92. The van der Waals surface area contributed by atoms with E-state index in [2.05, 4.69) is 0 Å². The smallest absolute Gasteiger partial charge is 0.336 e. The molecule has 0 spiro atoms. The van der Waals surface area contributed by atoms with Crippen molar-refractivity contribution in [3.05, 3.63) is 56.3 Å². The largest absolute Gasteiger partial charge is 0.466 e. The van der Waals surface area contributed by atoms with E-state index < -0.39 is 17.9 Å². The Morgan fingerprint density at radius 2 is 1.44 bits per heavy atom. The van der Waals surface area contributed by atoms with Gasteiger partial charge in [-0.3, -0.25) is 0 Å². The lowest BCUT2D eigenvalue weighted by Crippen LogP contribution is -2.33. The second-order valence-electron chi connectivity index (χ2n) is 5.65. The summed E-state index contributed by atoms with van der Waals surface area (Å²) in [6, 6.07) is 5.01. The Hall–Kier alpha value is -1.98. The van der Waals surface area contributed by atoms with Gasteiger partial charge >= 0.3 is 11.9 Å². The number of carbonyl (C=O) groups is 2. The number of allylic oxidation sites excluding steroid dienone is 2. The Bertz CT molecular complexity index is 758. The molecule has 1 aliphatic heterocycles. The minimum Gasteiger partial charge on any atom is -0.466 e. The van der Waals surface area contributed by atoms with E-state index in [4.69, 9.17) is 32.7 Å². The first-order valence-electron chi connectivity index (χ1n) is 7.51. The van der Waals surface area contributed by atoms with E-state index in [1.807, 2.05) is 0 Å². The molecule has 1 aromatic carbocycles. The molecule has 0 atom stereocenters. The number of ether oxygens (including phenoxy) is 2. The molecule has 5 nitrogen and oxygen atoms in total. The summed E-state index contributed by atoms with van der Waals surface area (Å²) in [7, 11) is 4.39. The lowest BCUT2D eigenvalue weighted by Gasteiger charge is -2.35. The molecule has 0 bridgehead atoms. The lowest BCUT2D eigenvalue weighted by atomic mass is 9.80.